The lowest BCUT2D eigenvalue weighted by Gasteiger charge is -2.25. The second kappa shape index (κ2) is 7.11. The number of carbonyl (C=O) groups is 1. The minimum atomic E-state index is -3.25. The van der Waals surface area contributed by atoms with Gasteiger partial charge in [0.25, 0.3) is 0 Å². The van der Waals surface area contributed by atoms with E-state index in [0.29, 0.717) is 6.54 Å². The molecule has 22 heavy (non-hydrogen) atoms. The third-order valence-electron chi connectivity index (χ3n) is 3.78. The number of sulfonamides is 1. The summed E-state index contributed by atoms with van der Waals surface area (Å²) in [6, 6.07) is 7.80. The quantitative estimate of drug-likeness (QED) is 0.855. The van der Waals surface area contributed by atoms with E-state index in [-0.39, 0.29) is 24.9 Å². The van der Waals surface area contributed by atoms with Crippen molar-refractivity contribution in [3.63, 3.8) is 0 Å². The molecule has 6 nitrogen and oxygen atoms in total. The number of carbonyl (C=O) groups excluding carboxylic acids is 1. The Morgan fingerprint density at radius 1 is 1.36 bits per heavy atom. The van der Waals surface area contributed by atoms with Crippen molar-refractivity contribution in [2.45, 2.75) is 25.3 Å². The lowest BCUT2D eigenvalue weighted by Crippen LogP contribution is -2.34. The van der Waals surface area contributed by atoms with Crippen molar-refractivity contribution in [2.75, 3.05) is 26.5 Å². The number of nitrogens with zero attached hydrogens (tertiary/aromatic N) is 1. The van der Waals surface area contributed by atoms with Gasteiger partial charge in [0.1, 0.15) is 5.75 Å². The van der Waals surface area contributed by atoms with Gasteiger partial charge in [-0.1, -0.05) is 12.1 Å². The molecule has 1 aliphatic heterocycles. The summed E-state index contributed by atoms with van der Waals surface area (Å²) in [7, 11) is -1.63. The van der Waals surface area contributed by atoms with Crippen molar-refractivity contribution in [3.8, 4) is 5.75 Å². The van der Waals surface area contributed by atoms with Crippen LogP contribution in [0.2, 0.25) is 0 Å². The van der Waals surface area contributed by atoms with Crippen molar-refractivity contribution in [1.82, 2.24) is 9.62 Å². The van der Waals surface area contributed by atoms with Crippen LogP contribution in [0.5, 0.6) is 5.75 Å². The van der Waals surface area contributed by atoms with E-state index in [1.54, 1.807) is 7.11 Å². The highest BCUT2D eigenvalue weighted by Gasteiger charge is 2.29. The average molecular weight is 326 g/mol. The van der Waals surface area contributed by atoms with Crippen LogP contribution in [0.4, 0.5) is 0 Å². The van der Waals surface area contributed by atoms with Gasteiger partial charge in [0.2, 0.25) is 15.9 Å². The first-order valence-corrected chi connectivity index (χ1v) is 9.18. The Morgan fingerprint density at radius 3 is 2.64 bits per heavy atom. The number of likely N-dealkylation sites (tertiary alicyclic amines) is 1. The summed E-state index contributed by atoms with van der Waals surface area (Å²) in [5.41, 5.74) is 1.09. The van der Waals surface area contributed by atoms with Crippen molar-refractivity contribution in [1.29, 1.82) is 0 Å². The second-order valence-electron chi connectivity index (χ2n) is 5.43. The number of hydrogen-bond donors (Lipinski definition) is 1. The monoisotopic (exact) mass is 326 g/mol. The van der Waals surface area contributed by atoms with E-state index in [2.05, 4.69) is 4.72 Å². The molecule has 1 aromatic carbocycles. The number of ether oxygens (including phenoxy) is 1. The van der Waals surface area contributed by atoms with Crippen LogP contribution in [0.25, 0.3) is 0 Å². The van der Waals surface area contributed by atoms with E-state index in [1.807, 2.05) is 29.2 Å². The normalized spacial score (nSPS) is 18.5. The van der Waals surface area contributed by atoms with Gasteiger partial charge in [-0.05, 0) is 30.5 Å². The molecule has 1 aliphatic rings. The summed E-state index contributed by atoms with van der Waals surface area (Å²) in [5, 5.41) is 0. The molecule has 1 saturated heterocycles. The Bertz CT molecular complexity index is 613. The molecule has 0 radical (unpaired) electrons. The summed E-state index contributed by atoms with van der Waals surface area (Å²) in [6.07, 6.45) is 3.16. The number of benzene rings is 1. The molecule has 7 heteroatoms. The zero-order valence-electron chi connectivity index (χ0n) is 12.9. The Labute approximate surface area is 131 Å². The zero-order chi connectivity index (χ0) is 16.2. The Kier molecular flexibility index (Phi) is 5.42. The molecular formula is C15H22N2O4S. The van der Waals surface area contributed by atoms with Gasteiger partial charge in [0.05, 0.1) is 19.4 Å². The van der Waals surface area contributed by atoms with E-state index in [0.717, 1.165) is 30.4 Å². The molecule has 1 fully saturated rings. The van der Waals surface area contributed by atoms with Gasteiger partial charge in [-0.2, -0.15) is 0 Å². The Balaban J connectivity index is 1.98. The second-order valence-corrected chi connectivity index (χ2v) is 7.27. The first kappa shape index (κ1) is 16.8. The van der Waals surface area contributed by atoms with Crippen LogP contribution in [0, 0.1) is 0 Å². The number of hydrogen-bond acceptors (Lipinski definition) is 4. The van der Waals surface area contributed by atoms with E-state index < -0.39 is 10.0 Å². The van der Waals surface area contributed by atoms with E-state index in [4.69, 9.17) is 4.74 Å². The first-order valence-electron chi connectivity index (χ1n) is 7.29. The highest BCUT2D eigenvalue weighted by Crippen LogP contribution is 2.33. The van der Waals surface area contributed by atoms with Crippen molar-refractivity contribution in [3.05, 3.63) is 29.8 Å². The van der Waals surface area contributed by atoms with E-state index in [1.165, 1.54) is 0 Å². The fourth-order valence-electron chi connectivity index (χ4n) is 2.72. The molecule has 122 valence electrons. The predicted octanol–water partition coefficient (Wildman–Crippen LogP) is 1.30. The van der Waals surface area contributed by atoms with Crippen LogP contribution in [-0.4, -0.2) is 45.7 Å². The zero-order valence-corrected chi connectivity index (χ0v) is 13.7. The molecule has 0 unspecified atom stereocenters. The molecule has 1 N–H and O–H groups in total. The highest BCUT2D eigenvalue weighted by molar-refractivity contribution is 7.88. The summed E-state index contributed by atoms with van der Waals surface area (Å²) >= 11 is 0. The number of nitrogens with one attached hydrogen (secondary N) is 1. The van der Waals surface area contributed by atoms with Crippen LogP contribution >= 0.6 is 0 Å². The van der Waals surface area contributed by atoms with Crippen molar-refractivity contribution in [2.24, 2.45) is 0 Å². The standard InChI is InChI=1S/C15H22N2O4S/c1-21-13-7-5-12(6-8-13)14-4-3-11-17(14)15(18)9-10-16-22(2,19)20/h5-8,14,16H,3-4,9-11H2,1-2H3/t14-/m1/s1. The lowest BCUT2D eigenvalue weighted by atomic mass is 10.0. The molecular weight excluding hydrogens is 304 g/mol. The van der Waals surface area contributed by atoms with Crippen molar-refractivity contribution < 1.29 is 17.9 Å². The van der Waals surface area contributed by atoms with Gasteiger partial charge >= 0.3 is 0 Å². The molecule has 0 bridgehead atoms. The summed E-state index contributed by atoms with van der Waals surface area (Å²) in [6.45, 7) is 0.859. The topological polar surface area (TPSA) is 75.7 Å². The van der Waals surface area contributed by atoms with Gasteiger partial charge in [0.15, 0.2) is 0 Å². The van der Waals surface area contributed by atoms with Gasteiger partial charge in [-0.25, -0.2) is 13.1 Å². The molecule has 0 aliphatic carbocycles. The third-order valence-corrected chi connectivity index (χ3v) is 4.51. The Morgan fingerprint density at radius 2 is 2.05 bits per heavy atom. The van der Waals surface area contributed by atoms with Gasteiger partial charge in [0, 0.05) is 19.5 Å². The summed E-state index contributed by atoms with van der Waals surface area (Å²) < 4.78 is 29.6. The first-order chi connectivity index (χ1) is 10.4. The van der Waals surface area contributed by atoms with Crippen molar-refractivity contribution >= 4 is 15.9 Å². The number of methoxy groups -OCH3 is 1. The summed E-state index contributed by atoms with van der Waals surface area (Å²) in [5.74, 6) is 0.770. The minimum absolute atomic E-state index is 0.0190. The van der Waals surface area contributed by atoms with Gasteiger partial charge < -0.3 is 9.64 Å². The van der Waals surface area contributed by atoms with Crippen LogP contribution in [-0.2, 0) is 14.8 Å². The lowest BCUT2D eigenvalue weighted by molar-refractivity contribution is -0.131. The molecule has 0 saturated carbocycles. The Hall–Kier alpha value is -1.60. The highest BCUT2D eigenvalue weighted by atomic mass is 32.2. The molecule has 0 spiro atoms. The number of amides is 1. The SMILES string of the molecule is COc1ccc([C@H]2CCCN2C(=O)CCNS(C)(=O)=O)cc1. The maximum atomic E-state index is 12.3. The molecule has 2 rings (SSSR count). The fraction of sp³-hybridized carbons (Fsp3) is 0.533. The third kappa shape index (κ3) is 4.45. The summed E-state index contributed by atoms with van der Waals surface area (Å²) in [4.78, 5) is 14.1. The van der Waals surface area contributed by atoms with Crippen LogP contribution in [0.3, 0.4) is 0 Å². The molecule has 1 amide bonds. The molecule has 1 atom stereocenters. The maximum Gasteiger partial charge on any atom is 0.224 e. The predicted molar refractivity (Wildman–Crippen MR) is 84.1 cm³/mol. The van der Waals surface area contributed by atoms with E-state index in [9.17, 15) is 13.2 Å². The number of rotatable bonds is 6. The van der Waals surface area contributed by atoms with Crippen LogP contribution in [0.15, 0.2) is 24.3 Å². The molecule has 0 aromatic heterocycles. The van der Waals surface area contributed by atoms with Gasteiger partial charge in [-0.3, -0.25) is 4.79 Å². The average Bonchev–Trinajstić information content (AvgIpc) is 2.95. The van der Waals surface area contributed by atoms with Crippen LogP contribution in [0.1, 0.15) is 30.9 Å². The van der Waals surface area contributed by atoms with Gasteiger partial charge in [-0.15, -0.1) is 0 Å². The fourth-order valence-corrected chi connectivity index (χ4v) is 3.20. The molecule has 1 aromatic rings. The minimum Gasteiger partial charge on any atom is -0.497 e. The smallest absolute Gasteiger partial charge is 0.224 e. The maximum absolute atomic E-state index is 12.3. The molecule has 1 heterocycles. The van der Waals surface area contributed by atoms with E-state index >= 15 is 0 Å². The largest absolute Gasteiger partial charge is 0.497 e. The van der Waals surface area contributed by atoms with Crippen LogP contribution < -0.4 is 9.46 Å².